The van der Waals surface area contributed by atoms with Crippen molar-refractivity contribution >= 4 is 89.5 Å². The Balaban J connectivity index is 0.000000154. The number of carbonyl (C=O) groups excluding carboxylic acids is 1. The van der Waals surface area contributed by atoms with Crippen molar-refractivity contribution in [1.29, 1.82) is 0 Å². The van der Waals surface area contributed by atoms with Gasteiger partial charge in [-0.25, -0.2) is 24.7 Å². The first-order valence-electron chi connectivity index (χ1n) is 21.9. The summed E-state index contributed by atoms with van der Waals surface area (Å²) < 4.78 is 10.8. The van der Waals surface area contributed by atoms with Gasteiger partial charge in [0.05, 0.1) is 69.8 Å². The number of aromatic carboxylic acids is 1. The van der Waals surface area contributed by atoms with Crippen LogP contribution in [0.1, 0.15) is 20.7 Å². The maximum atomic E-state index is 12.7. The highest BCUT2D eigenvalue weighted by Gasteiger charge is 2.14. The SMILES string of the molecule is NCCOCCNc1nc2ccccc2[n+]([O-])n1.O=C(NCCOCCNc1nc2ccccc2[n+]([O-])n1)c1cccc2cc3ccccc3nc12.O=C(O)c1cccc2cc3ccccc3nc12. The molecule has 0 aliphatic rings. The van der Waals surface area contributed by atoms with E-state index in [1.54, 1.807) is 54.6 Å². The number of carboxylic acid groups (broad SMARTS) is 1. The van der Waals surface area contributed by atoms with Crippen molar-refractivity contribution in [3.63, 3.8) is 0 Å². The van der Waals surface area contributed by atoms with Gasteiger partial charge in [-0.3, -0.25) is 4.79 Å². The average Bonchev–Trinajstić information content (AvgIpc) is 3.37. The van der Waals surface area contributed by atoms with Gasteiger partial charge in [0.15, 0.2) is 0 Å². The highest BCUT2D eigenvalue weighted by atomic mass is 16.5. The van der Waals surface area contributed by atoms with E-state index < -0.39 is 5.97 Å². The molecule has 0 saturated carbocycles. The van der Waals surface area contributed by atoms with Crippen LogP contribution in [0, 0.1) is 10.4 Å². The fourth-order valence-corrected chi connectivity index (χ4v) is 7.19. The second-order valence-corrected chi connectivity index (χ2v) is 15.1. The van der Waals surface area contributed by atoms with Crippen molar-refractivity contribution < 1.29 is 33.9 Å². The Morgan fingerprint density at radius 3 is 1.48 bits per heavy atom. The number of hydrogen-bond donors (Lipinski definition) is 5. The summed E-state index contributed by atoms with van der Waals surface area (Å²) >= 11 is 0. The lowest BCUT2D eigenvalue weighted by molar-refractivity contribution is -0.641. The highest BCUT2D eigenvalue weighted by Crippen LogP contribution is 2.24. The van der Waals surface area contributed by atoms with Gasteiger partial charge in [0.25, 0.3) is 28.8 Å². The minimum absolute atomic E-state index is 0.195. The summed E-state index contributed by atoms with van der Waals surface area (Å²) in [5.41, 5.74) is 11.0. The first-order chi connectivity index (χ1) is 33.7. The van der Waals surface area contributed by atoms with Crippen LogP contribution in [0.15, 0.2) is 146 Å². The number of amides is 1. The number of nitrogens with one attached hydrogen (secondary N) is 3. The molecule has 0 spiro atoms. The maximum Gasteiger partial charge on any atom is 0.337 e. The van der Waals surface area contributed by atoms with Crippen LogP contribution in [0.5, 0.6) is 0 Å². The fraction of sp³-hybridized carbons (Fsp3) is 0.160. The van der Waals surface area contributed by atoms with E-state index in [1.165, 1.54) is 0 Å². The number of carbonyl (C=O) groups is 2. The van der Waals surface area contributed by atoms with Crippen LogP contribution in [-0.4, -0.2) is 99.7 Å². The van der Waals surface area contributed by atoms with E-state index in [0.29, 0.717) is 107 Å². The molecule has 19 heteroatoms. The number of hydrogen-bond acceptors (Lipinski definition) is 15. The zero-order valence-electron chi connectivity index (χ0n) is 37.1. The predicted octanol–water partition coefficient (Wildman–Crippen LogP) is 5.56. The van der Waals surface area contributed by atoms with Crippen LogP contribution in [0.4, 0.5) is 11.9 Å². The summed E-state index contributed by atoms with van der Waals surface area (Å²) in [6, 6.07) is 44.3. The van der Waals surface area contributed by atoms with Crippen LogP contribution in [0.3, 0.4) is 0 Å². The van der Waals surface area contributed by atoms with E-state index in [2.05, 4.69) is 46.1 Å². The minimum Gasteiger partial charge on any atom is -0.594 e. The van der Waals surface area contributed by atoms with Gasteiger partial charge in [0.1, 0.15) is 11.0 Å². The van der Waals surface area contributed by atoms with Crippen LogP contribution in [0.25, 0.3) is 65.7 Å². The first kappa shape index (κ1) is 46.7. The Morgan fingerprint density at radius 2 is 0.957 bits per heavy atom. The smallest absolute Gasteiger partial charge is 0.337 e. The van der Waals surface area contributed by atoms with Crippen LogP contribution < -0.4 is 31.4 Å². The van der Waals surface area contributed by atoms with E-state index in [9.17, 15) is 20.0 Å². The molecule has 69 heavy (non-hydrogen) atoms. The molecule has 0 aliphatic carbocycles. The molecule has 0 bridgehead atoms. The lowest BCUT2D eigenvalue weighted by Crippen LogP contribution is -2.34. The zero-order chi connectivity index (χ0) is 48.0. The Kier molecular flexibility index (Phi) is 15.3. The molecule has 1 amide bonds. The quantitative estimate of drug-likeness (QED) is 0.0365. The molecule has 6 aromatic carbocycles. The topological polar surface area (TPSA) is 266 Å². The van der Waals surface area contributed by atoms with Gasteiger partial charge in [-0.05, 0) is 58.2 Å². The Bertz CT molecular complexity index is 3420. The van der Waals surface area contributed by atoms with Gasteiger partial charge < -0.3 is 46.7 Å². The van der Waals surface area contributed by atoms with Crippen molar-refractivity contribution in [1.82, 2.24) is 35.5 Å². The van der Waals surface area contributed by atoms with Crippen molar-refractivity contribution in [3.05, 3.63) is 167 Å². The summed E-state index contributed by atoms with van der Waals surface area (Å²) in [6.07, 6.45) is 0. The number of para-hydroxylation sites is 8. The number of nitrogens with zero attached hydrogens (tertiary/aromatic N) is 8. The number of nitrogens with two attached hydrogens (primary N) is 1. The number of aromatic nitrogens is 8. The second kappa shape index (κ2) is 22.6. The van der Waals surface area contributed by atoms with Gasteiger partial charge in [0.2, 0.25) is 0 Å². The monoisotopic (exact) mass is 926 g/mol. The third kappa shape index (κ3) is 11.8. The molecule has 0 unspecified atom stereocenters. The van der Waals surface area contributed by atoms with E-state index >= 15 is 0 Å². The van der Waals surface area contributed by atoms with Crippen LogP contribution in [0.2, 0.25) is 0 Å². The van der Waals surface area contributed by atoms with Crippen molar-refractivity contribution in [2.45, 2.75) is 0 Å². The van der Waals surface area contributed by atoms with Crippen molar-refractivity contribution in [2.75, 3.05) is 63.2 Å². The first-order valence-corrected chi connectivity index (χ1v) is 21.9. The minimum atomic E-state index is -0.946. The number of ether oxygens (including phenoxy) is 2. The molecular weight excluding hydrogens is 881 g/mol. The predicted molar refractivity (Wildman–Crippen MR) is 262 cm³/mol. The molecule has 4 aromatic heterocycles. The number of carboxylic acids is 1. The third-order valence-electron chi connectivity index (χ3n) is 10.4. The second-order valence-electron chi connectivity index (χ2n) is 15.1. The largest absolute Gasteiger partial charge is 0.594 e. The van der Waals surface area contributed by atoms with Crippen LogP contribution >= 0.6 is 0 Å². The molecule has 0 atom stereocenters. The number of rotatable bonds is 15. The van der Waals surface area contributed by atoms with E-state index in [4.69, 9.17) is 20.3 Å². The maximum absolute atomic E-state index is 12.7. The van der Waals surface area contributed by atoms with Gasteiger partial charge >= 0.3 is 5.97 Å². The number of pyridine rings is 2. The summed E-state index contributed by atoms with van der Waals surface area (Å²) in [5.74, 6) is -0.611. The van der Waals surface area contributed by atoms with E-state index in [0.717, 1.165) is 32.6 Å². The summed E-state index contributed by atoms with van der Waals surface area (Å²) in [6.45, 7) is 3.52. The average molecular weight is 927 g/mol. The molecule has 0 aliphatic heterocycles. The van der Waals surface area contributed by atoms with Gasteiger partial charge in [-0.15, -0.1) is 0 Å². The number of anilines is 2. The third-order valence-corrected chi connectivity index (χ3v) is 10.4. The molecule has 0 fully saturated rings. The molecule has 4 heterocycles. The van der Waals surface area contributed by atoms with E-state index in [1.807, 2.05) is 91.0 Å². The van der Waals surface area contributed by atoms with E-state index in [-0.39, 0.29) is 17.4 Å². The van der Waals surface area contributed by atoms with Crippen molar-refractivity contribution in [3.8, 4) is 0 Å². The van der Waals surface area contributed by atoms with Gasteiger partial charge in [0, 0.05) is 59.9 Å². The summed E-state index contributed by atoms with van der Waals surface area (Å²) in [4.78, 5) is 42.6. The molecular formula is C50H46N12O7. The molecule has 6 N–H and O–H groups in total. The summed E-state index contributed by atoms with van der Waals surface area (Å²) in [5, 5.41) is 52.9. The van der Waals surface area contributed by atoms with Crippen LogP contribution in [-0.2, 0) is 9.47 Å². The lowest BCUT2D eigenvalue weighted by atomic mass is 10.1. The number of benzene rings is 6. The molecule has 0 saturated heterocycles. The molecule has 10 aromatic rings. The van der Waals surface area contributed by atoms with Gasteiger partial charge in [-0.1, -0.05) is 84.9 Å². The molecule has 19 nitrogen and oxygen atoms in total. The summed E-state index contributed by atoms with van der Waals surface area (Å²) in [7, 11) is 0. The Morgan fingerprint density at radius 1 is 0.522 bits per heavy atom. The van der Waals surface area contributed by atoms with Gasteiger partial charge in [-0.2, -0.15) is 0 Å². The number of fused-ring (bicyclic) bond motifs is 6. The Hall–Kier alpha value is -8.78. The van der Waals surface area contributed by atoms with Crippen molar-refractivity contribution in [2.24, 2.45) is 5.73 Å². The lowest BCUT2D eigenvalue weighted by Gasteiger charge is -2.09. The standard InChI is InChI=1S/C25H22N6O3.C14H9NO2.C11H15N5O2/c32-24(19-8-5-7-18-16-17-6-1-2-9-20(17)28-23(18)19)26-12-14-34-15-13-27-25-29-21-10-3-4-11-22(21)31(33)30-25;16-14(17)11-6-3-5-10-8-9-4-1-2-7-12(9)15-13(10)11;12-5-7-18-8-6-13-11-14-9-3-1-2-4-10(9)16(17)15-11/h1-11,16H,12-15H2,(H,26,32)(H,27,29,30);1-8H,(H,16,17);1-4H,5-8,12H2,(H,13,14,15). The molecule has 348 valence electrons. The zero-order valence-corrected chi connectivity index (χ0v) is 37.1. The highest BCUT2D eigenvalue weighted by molar-refractivity contribution is 6.08. The Labute approximate surface area is 393 Å². The molecule has 0 radical (unpaired) electrons. The normalized spacial score (nSPS) is 11.0. The fourth-order valence-electron chi connectivity index (χ4n) is 7.19. The molecule has 10 rings (SSSR count).